The summed E-state index contributed by atoms with van der Waals surface area (Å²) >= 11 is 10.0. The molecule has 0 atom stereocenters. The van der Waals surface area contributed by atoms with Crippen LogP contribution < -0.4 is 10.6 Å². The van der Waals surface area contributed by atoms with Gasteiger partial charge >= 0.3 is 0 Å². The molecule has 8 heteroatoms. The summed E-state index contributed by atoms with van der Waals surface area (Å²) in [6.45, 7) is 6.03. The average molecular weight is 457 g/mol. The predicted molar refractivity (Wildman–Crippen MR) is 132 cm³/mol. The molecule has 2 aliphatic heterocycles. The number of likely N-dealkylation sites (tertiary alicyclic amines) is 1. The van der Waals surface area contributed by atoms with Crippen LogP contribution in [-0.4, -0.2) is 41.1 Å². The van der Waals surface area contributed by atoms with E-state index < -0.39 is 0 Å². The zero-order valence-electron chi connectivity index (χ0n) is 18.3. The molecule has 3 heterocycles. The van der Waals surface area contributed by atoms with Crippen molar-refractivity contribution in [1.82, 2.24) is 9.88 Å². The van der Waals surface area contributed by atoms with E-state index in [9.17, 15) is 0 Å². The normalized spacial score (nSPS) is 17.6. The second-order valence-electron chi connectivity index (χ2n) is 7.92. The summed E-state index contributed by atoms with van der Waals surface area (Å²) in [4.78, 5) is 7.63. The molecule has 1 aromatic rings. The number of nitrogens with one attached hydrogen (secondary N) is 1. The summed E-state index contributed by atoms with van der Waals surface area (Å²) in [5.74, 6) is 0. The number of nitrogens with two attached hydrogens (primary N) is 1. The molecule has 0 bridgehead atoms. The van der Waals surface area contributed by atoms with E-state index in [4.69, 9.17) is 40.7 Å². The van der Waals surface area contributed by atoms with Crippen molar-refractivity contribution in [3.8, 4) is 12.1 Å². The van der Waals surface area contributed by atoms with Crippen molar-refractivity contribution in [2.45, 2.75) is 58.3 Å². The quantitative estimate of drug-likeness (QED) is 0.378. The fourth-order valence-corrected chi connectivity index (χ4v) is 4.44. The number of anilines is 1. The maximum atomic E-state index is 9.14. The van der Waals surface area contributed by atoms with E-state index in [1.165, 1.54) is 51.4 Å². The number of aromatic nitrogens is 1. The van der Waals surface area contributed by atoms with Crippen LogP contribution in [0.5, 0.6) is 0 Å². The van der Waals surface area contributed by atoms with Crippen LogP contribution in [0.2, 0.25) is 0 Å². The zero-order chi connectivity index (χ0) is 22.6. The molecule has 31 heavy (non-hydrogen) atoms. The summed E-state index contributed by atoms with van der Waals surface area (Å²) in [6.07, 6.45) is 11.7. The smallest absolute Gasteiger partial charge is 0.123 e. The van der Waals surface area contributed by atoms with E-state index >= 15 is 0 Å². The summed E-state index contributed by atoms with van der Waals surface area (Å²) < 4.78 is 0.546. The van der Waals surface area contributed by atoms with Crippen molar-refractivity contribution < 1.29 is 0 Å². The van der Waals surface area contributed by atoms with Crippen molar-refractivity contribution in [1.29, 1.82) is 10.5 Å². The van der Waals surface area contributed by atoms with E-state index in [0.29, 0.717) is 15.8 Å². The van der Waals surface area contributed by atoms with Gasteiger partial charge in [-0.15, -0.1) is 0 Å². The molecule has 2 saturated heterocycles. The van der Waals surface area contributed by atoms with Gasteiger partial charge in [-0.05, 0) is 38.7 Å². The van der Waals surface area contributed by atoms with E-state index in [1.54, 1.807) is 0 Å². The van der Waals surface area contributed by atoms with Crippen LogP contribution in [0.15, 0.2) is 23.5 Å². The second-order valence-corrected chi connectivity index (χ2v) is 8.77. The molecule has 3 rings (SSSR count). The SMILES string of the molecule is C/C(=C(\C#N)C(N)=S)N1CCCCCC1.N#Cc1c(N2CCCCCC2)cc[nH]c1=S. The third-order valence-electron chi connectivity index (χ3n) is 5.80. The fraction of sp³-hybridized carbons (Fsp3) is 0.565. The molecule has 2 aliphatic rings. The van der Waals surface area contributed by atoms with Crippen molar-refractivity contribution >= 4 is 35.1 Å². The second kappa shape index (κ2) is 13.1. The van der Waals surface area contributed by atoms with Crippen LogP contribution in [-0.2, 0) is 0 Å². The lowest BCUT2D eigenvalue weighted by Crippen LogP contribution is -2.26. The first-order chi connectivity index (χ1) is 15.0. The first-order valence-electron chi connectivity index (χ1n) is 11.0. The highest BCUT2D eigenvalue weighted by Gasteiger charge is 2.15. The molecule has 0 radical (unpaired) electrons. The number of hydrogen-bond donors (Lipinski definition) is 2. The Labute approximate surface area is 196 Å². The van der Waals surface area contributed by atoms with Crippen LogP contribution in [0.4, 0.5) is 5.69 Å². The Morgan fingerprint density at radius 3 is 2.03 bits per heavy atom. The molecular weight excluding hydrogens is 424 g/mol. The number of thiocarbonyl (C=S) groups is 1. The first kappa shape index (κ1) is 24.8. The number of allylic oxidation sites excluding steroid dienone is 1. The summed E-state index contributed by atoms with van der Waals surface area (Å²) in [7, 11) is 0. The van der Waals surface area contributed by atoms with Crippen molar-refractivity contribution in [2.24, 2.45) is 5.73 Å². The minimum absolute atomic E-state index is 0.208. The number of pyridine rings is 1. The van der Waals surface area contributed by atoms with Crippen LogP contribution in [0.1, 0.15) is 63.9 Å². The van der Waals surface area contributed by atoms with Gasteiger partial charge in [0.05, 0.1) is 5.69 Å². The maximum absolute atomic E-state index is 9.14. The highest BCUT2D eigenvalue weighted by Crippen LogP contribution is 2.23. The Bertz CT molecular complexity index is 905. The van der Waals surface area contributed by atoms with Gasteiger partial charge in [0.15, 0.2) is 0 Å². The summed E-state index contributed by atoms with van der Waals surface area (Å²) in [5.41, 5.74) is 8.52. The topological polar surface area (TPSA) is 95.9 Å². The minimum atomic E-state index is 0.208. The van der Waals surface area contributed by atoms with E-state index in [-0.39, 0.29) is 4.99 Å². The predicted octanol–water partition coefficient (Wildman–Crippen LogP) is 4.94. The Morgan fingerprint density at radius 2 is 1.55 bits per heavy atom. The van der Waals surface area contributed by atoms with Gasteiger partial charge in [0.1, 0.15) is 32.9 Å². The molecule has 166 valence electrons. The van der Waals surface area contributed by atoms with Gasteiger partial charge in [-0.25, -0.2) is 0 Å². The highest BCUT2D eigenvalue weighted by molar-refractivity contribution is 7.80. The van der Waals surface area contributed by atoms with Crippen molar-refractivity contribution in [3.63, 3.8) is 0 Å². The molecule has 0 aromatic carbocycles. The molecule has 1 aromatic heterocycles. The number of H-pyrrole nitrogens is 1. The van der Waals surface area contributed by atoms with Gasteiger partial charge in [-0.3, -0.25) is 0 Å². The standard InChI is InChI=1S/C12H15N3S.C11H17N3S/c13-9-10-11(5-6-14-12(10)16)15-7-3-1-2-4-8-15;1-9(10(8-12)11(13)15)14-6-4-2-3-5-7-14/h5-6H,1-4,7-8H2,(H,14,16);2-7H2,1H3,(H2,13,15)/b;10-9-. The number of nitriles is 2. The highest BCUT2D eigenvalue weighted by atomic mass is 32.1. The van der Waals surface area contributed by atoms with E-state index in [2.05, 4.69) is 26.9 Å². The van der Waals surface area contributed by atoms with Crippen LogP contribution in [0.3, 0.4) is 0 Å². The van der Waals surface area contributed by atoms with Gasteiger partial charge in [-0.1, -0.05) is 50.1 Å². The molecule has 0 unspecified atom stereocenters. The van der Waals surface area contributed by atoms with Gasteiger partial charge < -0.3 is 20.5 Å². The summed E-state index contributed by atoms with van der Waals surface area (Å²) in [5, 5.41) is 18.1. The summed E-state index contributed by atoms with van der Waals surface area (Å²) in [6, 6.07) is 6.25. The third kappa shape index (κ3) is 7.34. The number of rotatable bonds is 3. The molecule has 0 spiro atoms. The molecular formula is C23H32N6S2. The first-order valence-corrected chi connectivity index (χ1v) is 11.8. The minimum Gasteiger partial charge on any atom is -0.389 e. The van der Waals surface area contributed by atoms with Crippen molar-refractivity contribution in [3.05, 3.63) is 33.7 Å². The Hall–Kier alpha value is -2.42. The van der Waals surface area contributed by atoms with E-state index in [1.807, 2.05) is 19.2 Å². The Morgan fingerprint density at radius 1 is 1.00 bits per heavy atom. The lowest BCUT2D eigenvalue weighted by molar-refractivity contribution is 0.358. The fourth-order valence-electron chi connectivity index (χ4n) is 4.03. The van der Waals surface area contributed by atoms with Crippen LogP contribution in [0.25, 0.3) is 0 Å². The largest absolute Gasteiger partial charge is 0.389 e. The van der Waals surface area contributed by atoms with Crippen LogP contribution >= 0.6 is 24.4 Å². The van der Waals surface area contributed by atoms with Gasteiger partial charge in [0, 0.05) is 38.1 Å². The lowest BCUT2D eigenvalue weighted by atomic mass is 10.2. The Kier molecular flexibility index (Phi) is 10.5. The number of aromatic amines is 1. The van der Waals surface area contributed by atoms with Gasteiger partial charge in [-0.2, -0.15) is 10.5 Å². The number of nitrogens with zero attached hydrogens (tertiary/aromatic N) is 4. The van der Waals surface area contributed by atoms with E-state index in [0.717, 1.165) is 37.6 Å². The van der Waals surface area contributed by atoms with Crippen molar-refractivity contribution in [2.75, 3.05) is 31.1 Å². The maximum Gasteiger partial charge on any atom is 0.123 e. The zero-order valence-corrected chi connectivity index (χ0v) is 20.0. The molecule has 0 aliphatic carbocycles. The molecule has 3 N–H and O–H groups in total. The molecule has 0 amide bonds. The molecule has 6 nitrogen and oxygen atoms in total. The van der Waals surface area contributed by atoms with Gasteiger partial charge in [0.2, 0.25) is 0 Å². The number of hydrogen-bond acceptors (Lipinski definition) is 6. The third-order valence-corrected chi connectivity index (χ3v) is 6.32. The lowest BCUT2D eigenvalue weighted by Gasteiger charge is -2.24. The molecule has 2 fully saturated rings. The molecule has 0 saturated carbocycles. The van der Waals surface area contributed by atoms with Crippen LogP contribution in [0, 0.1) is 27.3 Å². The monoisotopic (exact) mass is 456 g/mol. The Balaban J connectivity index is 0.000000221. The average Bonchev–Trinajstić information content (AvgIpc) is 3.20. The van der Waals surface area contributed by atoms with Gasteiger partial charge in [0.25, 0.3) is 0 Å².